The number of carbonyl (C=O) groups is 2. The van der Waals surface area contributed by atoms with Crippen molar-refractivity contribution in [2.24, 2.45) is 5.73 Å². The van der Waals surface area contributed by atoms with Crippen LogP contribution in [0.2, 0.25) is 0 Å². The first-order valence-corrected chi connectivity index (χ1v) is 7.66. The predicted octanol–water partition coefficient (Wildman–Crippen LogP) is 1.75. The van der Waals surface area contributed by atoms with Crippen LogP contribution >= 0.6 is 11.3 Å². The molecule has 0 unspecified atom stereocenters. The molecular weight excluding hydrogens is 302 g/mol. The average Bonchev–Trinajstić information content (AvgIpc) is 2.97. The first-order chi connectivity index (χ1) is 10.2. The second-order valence-electron chi connectivity index (χ2n) is 6.06. The van der Waals surface area contributed by atoms with E-state index in [-0.39, 0.29) is 23.4 Å². The summed E-state index contributed by atoms with van der Waals surface area (Å²) in [4.78, 5) is 27.9. The fourth-order valence-corrected chi connectivity index (χ4v) is 2.75. The number of aromatic nitrogens is 3. The van der Waals surface area contributed by atoms with Crippen molar-refractivity contribution in [3.63, 3.8) is 0 Å². The van der Waals surface area contributed by atoms with Crippen molar-refractivity contribution in [1.29, 1.82) is 0 Å². The van der Waals surface area contributed by atoms with E-state index in [0.717, 1.165) is 5.01 Å². The van der Waals surface area contributed by atoms with E-state index in [4.69, 9.17) is 5.73 Å². The summed E-state index contributed by atoms with van der Waals surface area (Å²) in [5.74, 6) is -0.957. The van der Waals surface area contributed by atoms with Gasteiger partial charge >= 0.3 is 0 Å². The summed E-state index contributed by atoms with van der Waals surface area (Å²) in [6, 6.07) is 0. The van der Waals surface area contributed by atoms with Crippen molar-refractivity contribution in [3.8, 4) is 0 Å². The molecule has 2 amide bonds. The van der Waals surface area contributed by atoms with Crippen LogP contribution in [0, 0.1) is 6.92 Å². The summed E-state index contributed by atoms with van der Waals surface area (Å²) in [5, 5.41) is 11.9. The lowest BCUT2D eigenvalue weighted by Gasteiger charge is -2.13. The van der Waals surface area contributed by atoms with Gasteiger partial charge in [0.15, 0.2) is 5.69 Å². The first-order valence-electron chi connectivity index (χ1n) is 6.78. The van der Waals surface area contributed by atoms with Gasteiger partial charge in [-0.05, 0) is 6.92 Å². The number of primary amides is 1. The molecule has 2 heterocycles. The molecule has 0 aliphatic rings. The largest absolute Gasteiger partial charge is 0.364 e. The summed E-state index contributed by atoms with van der Waals surface area (Å²) in [7, 11) is 0. The molecule has 2 aromatic heterocycles. The van der Waals surface area contributed by atoms with Gasteiger partial charge in [-0.3, -0.25) is 14.7 Å². The van der Waals surface area contributed by atoms with Gasteiger partial charge in [0.05, 0.1) is 28.5 Å². The summed E-state index contributed by atoms with van der Waals surface area (Å²) in [5.41, 5.74) is 6.81. The number of nitrogens with one attached hydrogen (secondary N) is 2. The fraction of sp³-hybridized carbons (Fsp3) is 0.429. The molecule has 0 aliphatic carbocycles. The molecule has 0 spiro atoms. The Balaban J connectivity index is 2.09. The monoisotopic (exact) mass is 321 g/mol. The molecule has 0 aliphatic heterocycles. The Morgan fingerprint density at radius 1 is 1.41 bits per heavy atom. The maximum atomic E-state index is 12.1. The van der Waals surface area contributed by atoms with Gasteiger partial charge in [0.25, 0.3) is 5.91 Å². The van der Waals surface area contributed by atoms with Crippen molar-refractivity contribution >= 4 is 28.8 Å². The first kappa shape index (κ1) is 16.2. The van der Waals surface area contributed by atoms with E-state index in [0.29, 0.717) is 17.1 Å². The summed E-state index contributed by atoms with van der Waals surface area (Å²) < 4.78 is 0. The minimum absolute atomic E-state index is 0.0273. The molecular formula is C14H19N5O2S. The number of nitrogens with two attached hydrogens (primary N) is 1. The van der Waals surface area contributed by atoms with Gasteiger partial charge in [0, 0.05) is 10.8 Å². The highest BCUT2D eigenvalue weighted by atomic mass is 32.1. The molecule has 0 saturated heterocycles. The quantitative estimate of drug-likeness (QED) is 0.796. The van der Waals surface area contributed by atoms with E-state index < -0.39 is 5.91 Å². The highest BCUT2D eigenvalue weighted by molar-refractivity contribution is 7.09. The van der Waals surface area contributed by atoms with Gasteiger partial charge in [-0.2, -0.15) is 5.10 Å². The van der Waals surface area contributed by atoms with Gasteiger partial charge in [0.2, 0.25) is 5.91 Å². The van der Waals surface area contributed by atoms with E-state index in [1.54, 1.807) is 6.92 Å². The molecule has 8 heteroatoms. The van der Waals surface area contributed by atoms with E-state index >= 15 is 0 Å². The number of thiazole rings is 1. The lowest BCUT2D eigenvalue weighted by molar-refractivity contribution is -0.115. The molecule has 0 atom stereocenters. The molecule has 118 valence electrons. The number of hydrogen-bond donors (Lipinski definition) is 3. The third kappa shape index (κ3) is 3.51. The molecule has 7 nitrogen and oxygen atoms in total. The molecule has 0 radical (unpaired) electrons. The zero-order chi connectivity index (χ0) is 16.5. The number of aryl methyl sites for hydroxylation is 1. The number of anilines is 1. The Labute approximate surface area is 132 Å². The van der Waals surface area contributed by atoms with Gasteiger partial charge in [-0.25, -0.2) is 4.98 Å². The van der Waals surface area contributed by atoms with Crippen LogP contribution in [0.15, 0.2) is 5.38 Å². The molecule has 2 rings (SSSR count). The van der Waals surface area contributed by atoms with Gasteiger partial charge in [-0.15, -0.1) is 11.3 Å². The number of hydrogen-bond acceptors (Lipinski definition) is 5. The highest BCUT2D eigenvalue weighted by Crippen LogP contribution is 2.26. The number of rotatable bonds is 4. The lowest BCUT2D eigenvalue weighted by atomic mass is 9.98. The normalized spacial score (nSPS) is 11.5. The van der Waals surface area contributed by atoms with Gasteiger partial charge in [-0.1, -0.05) is 20.8 Å². The Morgan fingerprint density at radius 3 is 2.64 bits per heavy atom. The van der Waals surface area contributed by atoms with Crippen LogP contribution in [-0.4, -0.2) is 27.0 Å². The summed E-state index contributed by atoms with van der Waals surface area (Å²) in [6.45, 7) is 7.92. The van der Waals surface area contributed by atoms with E-state index in [2.05, 4.69) is 41.3 Å². The maximum absolute atomic E-state index is 12.1. The smallest absolute Gasteiger partial charge is 0.271 e. The zero-order valence-electron chi connectivity index (χ0n) is 13.0. The topological polar surface area (TPSA) is 114 Å². The Hall–Kier alpha value is -2.22. The molecule has 0 fully saturated rings. The zero-order valence-corrected chi connectivity index (χ0v) is 13.8. The van der Waals surface area contributed by atoms with Crippen LogP contribution in [0.1, 0.15) is 47.7 Å². The van der Waals surface area contributed by atoms with E-state index in [9.17, 15) is 9.59 Å². The summed E-state index contributed by atoms with van der Waals surface area (Å²) in [6.07, 6.45) is 0.134. The van der Waals surface area contributed by atoms with Crippen molar-refractivity contribution in [3.05, 3.63) is 27.5 Å². The molecule has 0 saturated carbocycles. The molecule has 0 bridgehead atoms. The number of carbonyl (C=O) groups excluding carboxylic acids is 2. The van der Waals surface area contributed by atoms with Crippen LogP contribution in [0.25, 0.3) is 0 Å². The Kier molecular flexibility index (Phi) is 4.32. The van der Waals surface area contributed by atoms with E-state index in [1.165, 1.54) is 11.3 Å². The summed E-state index contributed by atoms with van der Waals surface area (Å²) >= 11 is 1.53. The van der Waals surface area contributed by atoms with Gasteiger partial charge in [0.1, 0.15) is 0 Å². The van der Waals surface area contributed by atoms with Crippen molar-refractivity contribution < 1.29 is 9.59 Å². The van der Waals surface area contributed by atoms with Gasteiger partial charge < -0.3 is 11.1 Å². The second-order valence-corrected chi connectivity index (χ2v) is 6.91. The third-order valence-corrected chi connectivity index (χ3v) is 4.30. The number of amides is 2. The number of H-pyrrole nitrogens is 1. The minimum Gasteiger partial charge on any atom is -0.364 e. The van der Waals surface area contributed by atoms with Crippen LogP contribution in [-0.2, 0) is 16.6 Å². The lowest BCUT2D eigenvalue weighted by Crippen LogP contribution is -2.20. The van der Waals surface area contributed by atoms with Crippen molar-refractivity contribution in [2.75, 3.05) is 5.32 Å². The number of nitrogens with zero attached hydrogens (tertiary/aromatic N) is 2. The van der Waals surface area contributed by atoms with E-state index in [1.807, 2.05) is 5.38 Å². The molecule has 0 aromatic carbocycles. The average molecular weight is 321 g/mol. The van der Waals surface area contributed by atoms with Crippen molar-refractivity contribution in [1.82, 2.24) is 15.2 Å². The molecule has 2 aromatic rings. The van der Waals surface area contributed by atoms with Crippen LogP contribution in [0.4, 0.5) is 5.69 Å². The fourth-order valence-electron chi connectivity index (χ4n) is 1.84. The second kappa shape index (κ2) is 5.88. The van der Waals surface area contributed by atoms with Crippen LogP contribution in [0.3, 0.4) is 0 Å². The van der Waals surface area contributed by atoms with Crippen LogP contribution < -0.4 is 11.1 Å². The molecule has 22 heavy (non-hydrogen) atoms. The van der Waals surface area contributed by atoms with Crippen molar-refractivity contribution in [2.45, 2.75) is 39.5 Å². The molecule has 4 N–H and O–H groups in total. The standard InChI is InChI=1S/C14H19N5O2S/c1-7-10(11(12(15)21)19-18-7)17-9(20)5-8-6-22-13(16-8)14(2,3)4/h6H,5H2,1-4H3,(H2,15,21)(H,17,20)(H,18,19). The van der Waals surface area contributed by atoms with Crippen LogP contribution in [0.5, 0.6) is 0 Å². The minimum atomic E-state index is -0.691. The predicted molar refractivity (Wildman–Crippen MR) is 85.0 cm³/mol. The Morgan fingerprint density at radius 2 is 2.09 bits per heavy atom. The number of aromatic amines is 1. The Bertz CT molecular complexity index is 711. The third-order valence-electron chi connectivity index (χ3n) is 2.98. The highest BCUT2D eigenvalue weighted by Gasteiger charge is 2.20. The maximum Gasteiger partial charge on any atom is 0.271 e. The SMILES string of the molecule is Cc1[nH]nc(C(N)=O)c1NC(=O)Cc1csc(C(C)(C)C)n1.